The Morgan fingerprint density at radius 1 is 1.14 bits per heavy atom. The van der Waals surface area contributed by atoms with Crippen LogP contribution in [-0.4, -0.2) is 54.1 Å². The van der Waals surface area contributed by atoms with Gasteiger partial charge < -0.3 is 14.0 Å². The van der Waals surface area contributed by atoms with E-state index in [0.29, 0.717) is 11.8 Å². The number of morpholine rings is 1. The van der Waals surface area contributed by atoms with Crippen LogP contribution in [0.15, 0.2) is 4.52 Å². The fourth-order valence-electron chi connectivity index (χ4n) is 3.58. The van der Waals surface area contributed by atoms with E-state index < -0.39 is 0 Å². The average molecular weight is 307 g/mol. The Morgan fingerprint density at radius 3 is 2.73 bits per heavy atom. The van der Waals surface area contributed by atoms with Crippen molar-refractivity contribution in [2.45, 2.75) is 50.7 Å². The van der Waals surface area contributed by atoms with Crippen molar-refractivity contribution in [2.75, 3.05) is 32.9 Å². The molecule has 122 valence electrons. The molecule has 2 atom stereocenters. The fourth-order valence-corrected chi connectivity index (χ4v) is 3.58. The van der Waals surface area contributed by atoms with Gasteiger partial charge in [0.1, 0.15) is 6.04 Å². The Hall–Kier alpha value is -0.980. The van der Waals surface area contributed by atoms with Crippen molar-refractivity contribution in [2.24, 2.45) is 5.92 Å². The molecule has 6 heteroatoms. The topological polar surface area (TPSA) is 60.6 Å². The highest BCUT2D eigenvalue weighted by molar-refractivity contribution is 5.06. The van der Waals surface area contributed by atoms with Crippen LogP contribution in [0.3, 0.4) is 0 Å². The Morgan fingerprint density at radius 2 is 1.95 bits per heavy atom. The zero-order chi connectivity index (χ0) is 14.9. The van der Waals surface area contributed by atoms with Gasteiger partial charge in [0.05, 0.1) is 12.7 Å². The molecule has 0 spiro atoms. The average Bonchev–Trinajstić information content (AvgIpc) is 3.27. The lowest BCUT2D eigenvalue weighted by Crippen LogP contribution is -2.46. The predicted molar refractivity (Wildman–Crippen MR) is 79.5 cm³/mol. The minimum Gasteiger partial charge on any atom is -0.381 e. The lowest BCUT2D eigenvalue weighted by Gasteiger charge is -2.40. The molecule has 1 aromatic rings. The van der Waals surface area contributed by atoms with Gasteiger partial charge in [-0.3, -0.25) is 4.90 Å². The molecule has 3 fully saturated rings. The molecule has 2 saturated heterocycles. The molecule has 3 heterocycles. The zero-order valence-electron chi connectivity index (χ0n) is 13.2. The van der Waals surface area contributed by atoms with Gasteiger partial charge in [0.25, 0.3) is 0 Å². The Kier molecular flexibility index (Phi) is 4.15. The van der Waals surface area contributed by atoms with E-state index in [0.717, 1.165) is 57.5 Å². The van der Waals surface area contributed by atoms with Crippen molar-refractivity contribution in [1.29, 1.82) is 0 Å². The maximum atomic E-state index is 5.86. The van der Waals surface area contributed by atoms with Crippen LogP contribution in [0, 0.1) is 5.92 Å². The minimum atomic E-state index is 0.0941. The van der Waals surface area contributed by atoms with Crippen LogP contribution in [0.25, 0.3) is 0 Å². The van der Waals surface area contributed by atoms with E-state index in [1.54, 1.807) is 0 Å². The lowest BCUT2D eigenvalue weighted by atomic mass is 9.97. The molecule has 0 bridgehead atoms. The Labute approximate surface area is 131 Å². The van der Waals surface area contributed by atoms with Gasteiger partial charge in [0, 0.05) is 32.2 Å². The predicted octanol–water partition coefficient (Wildman–Crippen LogP) is 2.14. The van der Waals surface area contributed by atoms with Crippen molar-refractivity contribution in [1.82, 2.24) is 15.0 Å². The summed E-state index contributed by atoms with van der Waals surface area (Å²) < 4.78 is 16.9. The lowest BCUT2D eigenvalue weighted by molar-refractivity contribution is -0.0821. The maximum Gasteiger partial charge on any atom is 0.246 e. The Bertz CT molecular complexity index is 497. The van der Waals surface area contributed by atoms with Crippen molar-refractivity contribution < 1.29 is 14.0 Å². The third-order valence-corrected chi connectivity index (χ3v) is 5.08. The molecular formula is C16H25N3O3. The van der Waals surface area contributed by atoms with E-state index in [4.69, 9.17) is 14.0 Å². The normalized spacial score (nSPS) is 31.5. The standard InChI is InChI=1S/C16H25N3O3/c1-11-14(16-17-15(18-22-16)13-2-3-13)19(6-9-21-11)10-12-4-7-20-8-5-12/h11-14H,2-10H2,1H3/t11-,14+/m1/s1. The molecule has 2 aliphatic heterocycles. The monoisotopic (exact) mass is 307 g/mol. The minimum absolute atomic E-state index is 0.0941. The molecule has 22 heavy (non-hydrogen) atoms. The summed E-state index contributed by atoms with van der Waals surface area (Å²) in [4.78, 5) is 7.15. The first kappa shape index (κ1) is 14.6. The van der Waals surface area contributed by atoms with Gasteiger partial charge in [-0.05, 0) is 38.5 Å². The molecule has 0 unspecified atom stereocenters. The third-order valence-electron chi connectivity index (χ3n) is 5.08. The summed E-state index contributed by atoms with van der Waals surface area (Å²) in [6.45, 7) is 6.69. The van der Waals surface area contributed by atoms with Crippen LogP contribution < -0.4 is 0 Å². The van der Waals surface area contributed by atoms with E-state index in [-0.39, 0.29) is 12.1 Å². The zero-order valence-corrected chi connectivity index (χ0v) is 13.2. The highest BCUT2D eigenvalue weighted by atomic mass is 16.5. The van der Waals surface area contributed by atoms with Gasteiger partial charge >= 0.3 is 0 Å². The number of hydrogen-bond donors (Lipinski definition) is 0. The van der Waals surface area contributed by atoms with E-state index in [1.807, 2.05) is 0 Å². The highest BCUT2D eigenvalue weighted by Gasteiger charge is 2.38. The van der Waals surface area contributed by atoms with Crippen LogP contribution in [0.5, 0.6) is 0 Å². The fraction of sp³-hybridized carbons (Fsp3) is 0.875. The van der Waals surface area contributed by atoms with E-state index in [9.17, 15) is 0 Å². The first-order valence-electron chi connectivity index (χ1n) is 8.58. The second-order valence-electron chi connectivity index (χ2n) is 6.84. The summed E-state index contributed by atoms with van der Waals surface area (Å²) in [5.41, 5.74) is 0. The van der Waals surface area contributed by atoms with Crippen molar-refractivity contribution in [3.63, 3.8) is 0 Å². The summed E-state index contributed by atoms with van der Waals surface area (Å²) in [5, 5.41) is 4.18. The van der Waals surface area contributed by atoms with E-state index in [1.165, 1.54) is 12.8 Å². The summed E-state index contributed by atoms with van der Waals surface area (Å²) in [6.07, 6.45) is 4.79. The van der Waals surface area contributed by atoms with Crippen LogP contribution >= 0.6 is 0 Å². The van der Waals surface area contributed by atoms with Crippen LogP contribution in [0.1, 0.15) is 56.3 Å². The third kappa shape index (κ3) is 3.05. The summed E-state index contributed by atoms with van der Waals surface area (Å²) >= 11 is 0. The van der Waals surface area contributed by atoms with Gasteiger partial charge in [0.2, 0.25) is 5.89 Å². The van der Waals surface area contributed by atoms with Crippen molar-refractivity contribution in [3.05, 3.63) is 11.7 Å². The van der Waals surface area contributed by atoms with Gasteiger partial charge in [-0.2, -0.15) is 4.98 Å². The Balaban J connectivity index is 1.49. The van der Waals surface area contributed by atoms with Crippen molar-refractivity contribution >= 4 is 0 Å². The second-order valence-corrected chi connectivity index (χ2v) is 6.84. The summed E-state index contributed by atoms with van der Waals surface area (Å²) in [5.74, 6) is 2.86. The smallest absolute Gasteiger partial charge is 0.246 e. The first-order chi connectivity index (χ1) is 10.8. The van der Waals surface area contributed by atoms with Crippen molar-refractivity contribution in [3.8, 4) is 0 Å². The van der Waals surface area contributed by atoms with Gasteiger partial charge in [-0.1, -0.05) is 5.16 Å². The number of nitrogens with zero attached hydrogens (tertiary/aromatic N) is 3. The maximum absolute atomic E-state index is 5.86. The summed E-state index contributed by atoms with van der Waals surface area (Å²) in [7, 11) is 0. The first-order valence-corrected chi connectivity index (χ1v) is 8.58. The largest absolute Gasteiger partial charge is 0.381 e. The molecule has 0 N–H and O–H groups in total. The van der Waals surface area contributed by atoms with Crippen LogP contribution in [-0.2, 0) is 9.47 Å². The van der Waals surface area contributed by atoms with E-state index >= 15 is 0 Å². The summed E-state index contributed by atoms with van der Waals surface area (Å²) in [6, 6.07) is 0.0941. The molecule has 0 radical (unpaired) electrons. The van der Waals surface area contributed by atoms with Gasteiger partial charge in [-0.25, -0.2) is 0 Å². The van der Waals surface area contributed by atoms with Gasteiger partial charge in [0.15, 0.2) is 5.82 Å². The van der Waals surface area contributed by atoms with Crippen LogP contribution in [0.4, 0.5) is 0 Å². The van der Waals surface area contributed by atoms with Gasteiger partial charge in [-0.15, -0.1) is 0 Å². The number of rotatable bonds is 4. The quantitative estimate of drug-likeness (QED) is 0.849. The molecule has 1 aromatic heterocycles. The SMILES string of the molecule is C[C@H]1OCCN(CC2CCOCC2)[C@@H]1c1nc(C2CC2)no1. The number of ether oxygens (including phenoxy) is 2. The molecule has 0 aromatic carbocycles. The molecule has 4 rings (SSSR count). The number of hydrogen-bond acceptors (Lipinski definition) is 6. The van der Waals surface area contributed by atoms with Crippen LogP contribution in [0.2, 0.25) is 0 Å². The molecule has 0 amide bonds. The molecular weight excluding hydrogens is 282 g/mol. The van der Waals surface area contributed by atoms with E-state index in [2.05, 4.69) is 22.0 Å². The molecule has 1 saturated carbocycles. The molecule has 1 aliphatic carbocycles. The highest BCUT2D eigenvalue weighted by Crippen LogP contribution is 2.39. The second kappa shape index (κ2) is 6.26. The molecule has 3 aliphatic rings. The molecule has 6 nitrogen and oxygen atoms in total. The number of aromatic nitrogens is 2.